The van der Waals surface area contributed by atoms with E-state index in [1.165, 1.54) is 16.3 Å². The van der Waals surface area contributed by atoms with Gasteiger partial charge >= 0.3 is 0 Å². The molecule has 0 aliphatic carbocycles. The highest BCUT2D eigenvalue weighted by atomic mass is 127. The van der Waals surface area contributed by atoms with Crippen molar-refractivity contribution in [1.82, 2.24) is 0 Å². The van der Waals surface area contributed by atoms with E-state index in [0.29, 0.717) is 0 Å². The maximum absolute atomic E-state index is 5.02. The topological polar surface area (TPSA) is 36.8 Å². The molecule has 0 aliphatic rings. The highest BCUT2D eigenvalue weighted by Crippen LogP contribution is 2.55. The second kappa shape index (κ2) is 11.0. The lowest BCUT2D eigenvalue weighted by Gasteiger charge is -2.23. The largest absolute Gasteiger partial charge is 0.376 e. The number of halogens is 1. The second-order valence-electron chi connectivity index (χ2n) is 9.06. The number of alkyl halides is 1. The zero-order chi connectivity index (χ0) is 24.1. The summed E-state index contributed by atoms with van der Waals surface area (Å²) in [4.78, 5) is 5.02. The van der Waals surface area contributed by atoms with Crippen molar-refractivity contribution in [2.75, 3.05) is 16.5 Å². The van der Waals surface area contributed by atoms with Crippen LogP contribution in [-0.2, 0) is 5.41 Å². The Morgan fingerprint density at radius 1 is 1.06 bits per heavy atom. The van der Waals surface area contributed by atoms with Crippen LogP contribution in [-0.4, -0.2) is 31.4 Å². The molecule has 0 spiro atoms. The quantitative estimate of drug-likeness (QED) is 0.0873. The molecule has 3 rings (SSSR count). The lowest BCUT2D eigenvalue weighted by atomic mass is 9.69. The summed E-state index contributed by atoms with van der Waals surface area (Å²) in [5.74, 6) is 0. The van der Waals surface area contributed by atoms with Gasteiger partial charge in [0.15, 0.2) is 14.7 Å². The Morgan fingerprint density at radius 3 is 2.33 bits per heavy atom. The Morgan fingerprint density at radius 2 is 1.73 bits per heavy atom. The smallest absolute Gasteiger partial charge is 0.195 e. The molecule has 0 amide bonds. The molecule has 3 aromatic carbocycles. The SMILES string of the molecule is C=N[P+](C)(c1ccccc1)c1ccccc1N=Cc1cc(C(C)(C)C)cc([B]C)c1NCI. The lowest BCUT2D eigenvalue weighted by molar-refractivity contribution is 0.591. The summed E-state index contributed by atoms with van der Waals surface area (Å²) in [5.41, 5.74) is 5.68. The molecule has 169 valence electrons. The molecule has 0 aliphatic heterocycles. The minimum atomic E-state index is -2.01. The summed E-state index contributed by atoms with van der Waals surface area (Å²) < 4.78 is 5.49. The summed E-state index contributed by atoms with van der Waals surface area (Å²) in [7, 11) is 0.149. The third kappa shape index (κ3) is 5.75. The fraction of sp³-hybridized carbons (Fsp3) is 0.259. The number of anilines is 1. The molecule has 0 saturated heterocycles. The molecule has 1 atom stereocenters. The number of benzene rings is 3. The molecule has 1 radical (unpaired) electrons. The number of aliphatic imine (C=N–C) groups is 1. The van der Waals surface area contributed by atoms with Gasteiger partial charge in [0, 0.05) is 24.2 Å². The van der Waals surface area contributed by atoms with Crippen molar-refractivity contribution in [3.63, 3.8) is 0 Å². The van der Waals surface area contributed by atoms with Gasteiger partial charge in [0.25, 0.3) is 0 Å². The summed E-state index contributed by atoms with van der Waals surface area (Å²) in [6.45, 7) is 15.0. The average Bonchev–Trinajstić information content (AvgIpc) is 2.83. The average molecular weight is 567 g/mol. The molecule has 0 aromatic heterocycles. The van der Waals surface area contributed by atoms with Crippen LogP contribution >= 0.6 is 30.0 Å². The number of nitrogens with one attached hydrogen (secondary N) is 1. The van der Waals surface area contributed by atoms with Gasteiger partial charge in [-0.3, -0.25) is 4.99 Å². The zero-order valence-corrected chi connectivity index (χ0v) is 23.2. The number of hydrogen-bond donors (Lipinski definition) is 1. The molecule has 6 heteroatoms. The van der Waals surface area contributed by atoms with Gasteiger partial charge in [0.1, 0.15) is 16.3 Å². The lowest BCUT2D eigenvalue weighted by Crippen LogP contribution is -2.23. The maximum Gasteiger partial charge on any atom is 0.195 e. The molecular formula is C27H32BIN3P+. The Bertz CT molecular complexity index is 1140. The first-order chi connectivity index (χ1) is 15.7. The summed E-state index contributed by atoms with van der Waals surface area (Å²) in [6.07, 6.45) is 1.99. The van der Waals surface area contributed by atoms with E-state index in [1.807, 2.05) is 18.3 Å². The number of nitrogens with zero attached hydrogens (tertiary/aromatic N) is 2. The van der Waals surface area contributed by atoms with Crippen LogP contribution in [0.25, 0.3) is 0 Å². The minimum absolute atomic E-state index is 0.0469. The van der Waals surface area contributed by atoms with Crippen molar-refractivity contribution >= 4 is 77.7 Å². The van der Waals surface area contributed by atoms with Crippen LogP contribution in [0.4, 0.5) is 11.4 Å². The highest BCUT2D eigenvalue weighted by Gasteiger charge is 2.39. The number of hydrogen-bond acceptors (Lipinski definition) is 3. The van der Waals surface area contributed by atoms with Crippen LogP contribution in [0.15, 0.2) is 76.5 Å². The summed E-state index contributed by atoms with van der Waals surface area (Å²) in [5, 5.41) is 5.88. The van der Waals surface area contributed by atoms with Gasteiger partial charge in [-0.1, -0.05) is 92.0 Å². The van der Waals surface area contributed by atoms with Gasteiger partial charge < -0.3 is 5.32 Å². The normalized spacial score (nSPS) is 13.5. The van der Waals surface area contributed by atoms with Crippen molar-refractivity contribution in [3.8, 4) is 0 Å². The summed E-state index contributed by atoms with van der Waals surface area (Å²) >= 11 is 2.35. The zero-order valence-electron chi connectivity index (χ0n) is 20.1. The van der Waals surface area contributed by atoms with Crippen LogP contribution in [0.1, 0.15) is 31.9 Å². The fourth-order valence-electron chi connectivity index (χ4n) is 3.82. The number of rotatable bonds is 8. The Kier molecular flexibility index (Phi) is 8.52. The van der Waals surface area contributed by atoms with E-state index in [4.69, 9.17) is 4.99 Å². The maximum atomic E-state index is 5.02. The predicted octanol–water partition coefficient (Wildman–Crippen LogP) is 6.13. The molecule has 0 bridgehead atoms. The van der Waals surface area contributed by atoms with Crippen molar-refractivity contribution in [2.45, 2.75) is 33.0 Å². The van der Waals surface area contributed by atoms with Gasteiger partial charge in [0.2, 0.25) is 0 Å². The molecule has 33 heavy (non-hydrogen) atoms. The van der Waals surface area contributed by atoms with E-state index >= 15 is 0 Å². The third-order valence-electron chi connectivity index (χ3n) is 5.86. The van der Waals surface area contributed by atoms with Crippen molar-refractivity contribution in [3.05, 3.63) is 77.9 Å². The highest BCUT2D eigenvalue weighted by molar-refractivity contribution is 14.1. The first-order valence-corrected chi connectivity index (χ1v) is 14.8. The molecule has 0 heterocycles. The Labute approximate surface area is 214 Å². The molecule has 3 aromatic rings. The Hall–Kier alpha value is -1.98. The molecule has 1 unspecified atom stereocenters. The first-order valence-electron chi connectivity index (χ1n) is 11.1. The monoisotopic (exact) mass is 567 g/mol. The van der Waals surface area contributed by atoms with Gasteiger partial charge in [-0.2, -0.15) is 0 Å². The van der Waals surface area contributed by atoms with E-state index in [1.54, 1.807) is 0 Å². The van der Waals surface area contributed by atoms with Crippen molar-refractivity contribution < 1.29 is 0 Å². The van der Waals surface area contributed by atoms with Crippen LogP contribution < -0.4 is 21.4 Å². The van der Waals surface area contributed by atoms with Gasteiger partial charge in [-0.25, -0.2) is 0 Å². The van der Waals surface area contributed by atoms with Gasteiger partial charge in [-0.05, 0) is 41.3 Å². The third-order valence-corrected chi connectivity index (χ3v) is 9.42. The van der Waals surface area contributed by atoms with E-state index in [-0.39, 0.29) is 5.41 Å². The van der Waals surface area contributed by atoms with Crippen LogP contribution in [0.2, 0.25) is 6.82 Å². The molecule has 3 nitrogen and oxygen atoms in total. The van der Waals surface area contributed by atoms with E-state index in [9.17, 15) is 0 Å². The van der Waals surface area contributed by atoms with Crippen LogP contribution in [0, 0.1) is 0 Å². The first kappa shape index (κ1) is 25.6. The Balaban J connectivity index is 2.15. The standard InChI is InChI=1S/C27H32BIN3P/c1-27(2,3)21-16-20(26(32-19-29)23(17-21)28-4)18-31-24-14-10-11-15-25(24)33(6,30-5)22-12-8-7-9-13-22/h7-18,32H,5,19H2,1-4,6H3/q+1. The van der Waals surface area contributed by atoms with E-state index in [2.05, 4.69) is 136 Å². The second-order valence-corrected chi connectivity index (χ2v) is 13.0. The molecular weight excluding hydrogens is 535 g/mol. The van der Waals surface area contributed by atoms with Crippen LogP contribution in [0.5, 0.6) is 0 Å². The fourth-order valence-corrected chi connectivity index (χ4v) is 6.50. The van der Waals surface area contributed by atoms with Gasteiger partial charge in [0.05, 0.1) is 11.2 Å². The summed E-state index contributed by atoms with van der Waals surface area (Å²) in [6, 6.07) is 23.3. The molecule has 1 N–H and O–H groups in total. The minimum Gasteiger partial charge on any atom is -0.376 e. The number of para-hydroxylation sites is 1. The van der Waals surface area contributed by atoms with E-state index < -0.39 is 7.41 Å². The van der Waals surface area contributed by atoms with Crippen molar-refractivity contribution in [1.29, 1.82) is 0 Å². The van der Waals surface area contributed by atoms with Crippen molar-refractivity contribution in [2.24, 2.45) is 9.76 Å². The van der Waals surface area contributed by atoms with Crippen LogP contribution in [0.3, 0.4) is 0 Å². The van der Waals surface area contributed by atoms with E-state index in [0.717, 1.165) is 26.8 Å². The molecule has 0 saturated carbocycles. The predicted molar refractivity (Wildman–Crippen MR) is 161 cm³/mol. The molecule has 0 fully saturated rings. The van der Waals surface area contributed by atoms with Gasteiger partial charge in [-0.15, -0.1) is 4.76 Å².